The van der Waals surface area contributed by atoms with Gasteiger partial charge in [-0.25, -0.2) is 10.9 Å². The van der Waals surface area contributed by atoms with E-state index in [-0.39, 0.29) is 5.96 Å². The molecule has 34 heavy (non-hydrogen) atoms. The van der Waals surface area contributed by atoms with Crippen molar-refractivity contribution in [3.05, 3.63) is 93.5 Å². The first-order valence-corrected chi connectivity index (χ1v) is 10.7. The lowest BCUT2D eigenvalue weighted by Crippen LogP contribution is -2.32. The van der Waals surface area contributed by atoms with E-state index in [2.05, 4.69) is 26.0 Å². The lowest BCUT2D eigenvalue weighted by Gasteiger charge is -2.08. The molecule has 0 bridgehead atoms. The number of hydrazone groups is 2. The van der Waals surface area contributed by atoms with E-state index in [9.17, 15) is 4.79 Å². The van der Waals surface area contributed by atoms with Gasteiger partial charge in [0, 0.05) is 15.6 Å². The summed E-state index contributed by atoms with van der Waals surface area (Å²) in [6.45, 7) is 0. The predicted molar refractivity (Wildman–Crippen MR) is 136 cm³/mol. The van der Waals surface area contributed by atoms with Gasteiger partial charge in [-0.05, 0) is 53.6 Å². The zero-order chi connectivity index (χ0) is 24.3. The van der Waals surface area contributed by atoms with Crippen molar-refractivity contribution < 1.29 is 14.3 Å². The standard InChI is InChI=1S/C24H21Cl2N5O3/c1-33-21-12-7-18(13-22(21)34-2)23(32)29-24(30-27-14-16-3-8-19(25)9-4-16)31-28-15-17-5-10-20(26)11-6-17/h3-15H,1-2H3,(H2,29,30,31,32)/b27-14+,28-15+. The fraction of sp³-hybridized carbons (Fsp3) is 0.0833. The van der Waals surface area contributed by atoms with E-state index in [4.69, 9.17) is 32.7 Å². The third-order valence-corrected chi connectivity index (χ3v) is 4.86. The first-order chi connectivity index (χ1) is 16.5. The number of amides is 1. The van der Waals surface area contributed by atoms with E-state index < -0.39 is 5.91 Å². The summed E-state index contributed by atoms with van der Waals surface area (Å²) in [5.74, 6) is 0.377. The van der Waals surface area contributed by atoms with Gasteiger partial charge in [0.2, 0.25) is 5.96 Å². The summed E-state index contributed by atoms with van der Waals surface area (Å²) in [7, 11) is 3.00. The normalized spacial score (nSPS) is 10.8. The number of nitrogens with one attached hydrogen (secondary N) is 2. The Hall–Kier alpha value is -3.88. The number of rotatable bonds is 7. The molecule has 2 N–H and O–H groups in total. The molecule has 0 atom stereocenters. The highest BCUT2D eigenvalue weighted by Gasteiger charge is 2.11. The molecule has 1 amide bonds. The highest BCUT2D eigenvalue weighted by Crippen LogP contribution is 2.27. The van der Waals surface area contributed by atoms with Crippen LogP contribution in [-0.2, 0) is 0 Å². The quantitative estimate of drug-likeness (QED) is 0.278. The SMILES string of the molecule is COc1ccc(C(=O)N=C(N/N=C/c2ccc(Cl)cc2)N/N=C/c2ccc(Cl)cc2)cc1OC. The molecule has 0 aromatic heterocycles. The maximum absolute atomic E-state index is 12.8. The predicted octanol–water partition coefficient (Wildman–Crippen LogP) is 4.75. The van der Waals surface area contributed by atoms with Gasteiger partial charge in [-0.1, -0.05) is 47.5 Å². The van der Waals surface area contributed by atoms with Gasteiger partial charge in [-0.3, -0.25) is 4.79 Å². The average molecular weight is 498 g/mol. The lowest BCUT2D eigenvalue weighted by atomic mass is 10.2. The number of ether oxygens (including phenoxy) is 2. The molecule has 174 valence electrons. The molecule has 0 saturated heterocycles. The van der Waals surface area contributed by atoms with E-state index in [0.29, 0.717) is 27.1 Å². The highest BCUT2D eigenvalue weighted by atomic mass is 35.5. The van der Waals surface area contributed by atoms with E-state index in [0.717, 1.165) is 11.1 Å². The Kier molecular flexibility index (Phi) is 9.02. The van der Waals surface area contributed by atoms with Gasteiger partial charge >= 0.3 is 0 Å². The largest absolute Gasteiger partial charge is 0.493 e. The van der Waals surface area contributed by atoms with E-state index in [1.54, 1.807) is 73.1 Å². The van der Waals surface area contributed by atoms with Crippen molar-refractivity contribution in [3.8, 4) is 11.5 Å². The molecule has 3 aromatic rings. The second-order valence-corrected chi connectivity index (χ2v) is 7.55. The first-order valence-electron chi connectivity index (χ1n) is 9.93. The number of carbonyl (C=O) groups is 1. The zero-order valence-corrected chi connectivity index (χ0v) is 19.8. The number of nitrogens with zero attached hydrogens (tertiary/aromatic N) is 3. The average Bonchev–Trinajstić information content (AvgIpc) is 2.85. The Labute approximate surface area is 206 Å². The molecule has 3 aromatic carbocycles. The number of guanidine groups is 1. The van der Waals surface area contributed by atoms with Crippen molar-refractivity contribution in [1.82, 2.24) is 10.9 Å². The maximum Gasteiger partial charge on any atom is 0.280 e. The minimum absolute atomic E-state index is 0.00946. The van der Waals surface area contributed by atoms with Crippen molar-refractivity contribution in [1.29, 1.82) is 0 Å². The topological polar surface area (TPSA) is 96.7 Å². The molecule has 8 nitrogen and oxygen atoms in total. The van der Waals surface area contributed by atoms with Gasteiger partial charge in [0.05, 0.1) is 26.6 Å². The number of methoxy groups -OCH3 is 2. The molecule has 3 rings (SSSR count). The van der Waals surface area contributed by atoms with Crippen molar-refractivity contribution >= 4 is 47.5 Å². The van der Waals surface area contributed by atoms with Crippen LogP contribution in [0, 0.1) is 0 Å². The minimum Gasteiger partial charge on any atom is -0.493 e. The first kappa shape index (κ1) is 24.8. The molecular weight excluding hydrogens is 477 g/mol. The third-order valence-electron chi connectivity index (χ3n) is 4.35. The van der Waals surface area contributed by atoms with E-state index in [1.807, 2.05) is 0 Å². The number of aliphatic imine (C=N–C) groups is 1. The summed E-state index contributed by atoms with van der Waals surface area (Å²) >= 11 is 11.8. The van der Waals surface area contributed by atoms with Crippen LogP contribution in [-0.4, -0.2) is 38.5 Å². The van der Waals surface area contributed by atoms with Crippen LogP contribution in [0.3, 0.4) is 0 Å². The minimum atomic E-state index is -0.542. The number of benzene rings is 3. The van der Waals surface area contributed by atoms with Crippen LogP contribution in [0.5, 0.6) is 11.5 Å². The zero-order valence-electron chi connectivity index (χ0n) is 18.3. The van der Waals surface area contributed by atoms with Gasteiger partial charge < -0.3 is 9.47 Å². The van der Waals surface area contributed by atoms with Crippen molar-refractivity contribution in [2.45, 2.75) is 0 Å². The maximum atomic E-state index is 12.8. The van der Waals surface area contributed by atoms with Crippen LogP contribution < -0.4 is 20.3 Å². The Morgan fingerprint density at radius 1 is 0.765 bits per heavy atom. The smallest absolute Gasteiger partial charge is 0.280 e. The van der Waals surface area contributed by atoms with Crippen LogP contribution >= 0.6 is 23.2 Å². The monoisotopic (exact) mass is 497 g/mol. The number of hydrogen-bond acceptors (Lipinski definition) is 5. The molecule has 0 aliphatic carbocycles. The molecule has 0 unspecified atom stereocenters. The van der Waals surface area contributed by atoms with E-state index >= 15 is 0 Å². The molecular formula is C24H21Cl2N5O3. The molecule has 0 spiro atoms. The van der Waals surface area contributed by atoms with Crippen LogP contribution in [0.1, 0.15) is 21.5 Å². The molecule has 0 aliphatic heterocycles. The van der Waals surface area contributed by atoms with E-state index in [1.165, 1.54) is 20.3 Å². The second-order valence-electron chi connectivity index (χ2n) is 6.68. The number of carbonyl (C=O) groups excluding carboxylic acids is 1. The second kappa shape index (κ2) is 12.4. The van der Waals surface area contributed by atoms with Gasteiger partial charge in [-0.15, -0.1) is 0 Å². The Morgan fingerprint density at radius 3 is 1.74 bits per heavy atom. The molecule has 0 radical (unpaired) electrons. The van der Waals surface area contributed by atoms with Gasteiger partial charge in [0.25, 0.3) is 5.91 Å². The van der Waals surface area contributed by atoms with Crippen LogP contribution in [0.2, 0.25) is 10.0 Å². The third kappa shape index (κ3) is 7.33. The van der Waals surface area contributed by atoms with Crippen LogP contribution in [0.4, 0.5) is 0 Å². The molecule has 0 saturated carbocycles. The summed E-state index contributed by atoms with van der Waals surface area (Å²) in [5, 5.41) is 9.47. The van der Waals surface area contributed by atoms with Crippen molar-refractivity contribution in [2.75, 3.05) is 14.2 Å². The molecule has 0 heterocycles. The number of hydrogen-bond donors (Lipinski definition) is 2. The highest BCUT2D eigenvalue weighted by molar-refractivity contribution is 6.30. The Bertz CT molecular complexity index is 1150. The van der Waals surface area contributed by atoms with Crippen molar-refractivity contribution in [3.63, 3.8) is 0 Å². The lowest BCUT2D eigenvalue weighted by molar-refractivity contribution is 0.100. The van der Waals surface area contributed by atoms with Crippen LogP contribution in [0.25, 0.3) is 0 Å². The van der Waals surface area contributed by atoms with Gasteiger partial charge in [0.15, 0.2) is 11.5 Å². The fourth-order valence-corrected chi connectivity index (χ4v) is 2.90. The summed E-state index contributed by atoms with van der Waals surface area (Å²) in [6.07, 6.45) is 3.11. The fourth-order valence-electron chi connectivity index (χ4n) is 2.64. The molecule has 0 aliphatic rings. The summed E-state index contributed by atoms with van der Waals surface area (Å²) in [5.41, 5.74) is 7.28. The van der Waals surface area contributed by atoms with Crippen molar-refractivity contribution in [2.24, 2.45) is 15.2 Å². The summed E-state index contributed by atoms with van der Waals surface area (Å²) < 4.78 is 10.5. The molecule has 0 fully saturated rings. The van der Waals surface area contributed by atoms with Gasteiger partial charge in [0.1, 0.15) is 0 Å². The molecule has 10 heteroatoms. The number of halogens is 2. The summed E-state index contributed by atoms with van der Waals surface area (Å²) in [6, 6.07) is 18.9. The summed E-state index contributed by atoms with van der Waals surface area (Å²) in [4.78, 5) is 16.8. The van der Waals surface area contributed by atoms with Gasteiger partial charge in [-0.2, -0.15) is 15.2 Å². The Balaban J connectivity index is 1.80. The van der Waals surface area contributed by atoms with Crippen LogP contribution in [0.15, 0.2) is 81.9 Å². The Morgan fingerprint density at radius 2 is 1.26 bits per heavy atom.